The van der Waals surface area contributed by atoms with Crippen LogP contribution in [0, 0.1) is 5.92 Å². The molecule has 0 radical (unpaired) electrons. The molecule has 2 atom stereocenters. The fourth-order valence-electron chi connectivity index (χ4n) is 3.38. The Labute approximate surface area is 161 Å². The molecule has 1 N–H and O–H groups in total. The first-order valence-electron chi connectivity index (χ1n) is 9.33. The summed E-state index contributed by atoms with van der Waals surface area (Å²) in [6.07, 6.45) is 6.08. The van der Waals surface area contributed by atoms with Gasteiger partial charge in [-0.25, -0.2) is 4.79 Å². The van der Waals surface area contributed by atoms with Gasteiger partial charge in [0, 0.05) is 5.92 Å². The van der Waals surface area contributed by atoms with Crippen molar-refractivity contribution in [2.75, 3.05) is 0 Å². The van der Waals surface area contributed by atoms with Gasteiger partial charge in [0.15, 0.2) is 0 Å². The molecule has 2 aromatic rings. The predicted molar refractivity (Wildman–Crippen MR) is 111 cm³/mol. The van der Waals surface area contributed by atoms with Gasteiger partial charge in [-0.05, 0) is 44.4 Å². The van der Waals surface area contributed by atoms with E-state index in [1.165, 1.54) is 5.57 Å². The van der Waals surface area contributed by atoms with Crippen LogP contribution >= 0.6 is 0 Å². The third-order valence-corrected chi connectivity index (χ3v) is 4.57. The first kappa shape index (κ1) is 19.0. The minimum atomic E-state index is -0.529. The summed E-state index contributed by atoms with van der Waals surface area (Å²) >= 11 is 0. The molecular formula is C24H27NO2. The molecule has 3 nitrogen and oxygen atoms in total. The number of carbonyl (C=O) groups excluding carboxylic acids is 1. The van der Waals surface area contributed by atoms with Gasteiger partial charge in [-0.3, -0.25) is 0 Å². The Morgan fingerprint density at radius 1 is 1.04 bits per heavy atom. The van der Waals surface area contributed by atoms with Gasteiger partial charge < -0.3 is 10.1 Å². The topological polar surface area (TPSA) is 38.3 Å². The molecule has 1 aliphatic rings. The summed E-state index contributed by atoms with van der Waals surface area (Å²) < 4.78 is 5.51. The summed E-state index contributed by atoms with van der Waals surface area (Å²) in [7, 11) is 0. The van der Waals surface area contributed by atoms with Crippen LogP contribution in [0.2, 0.25) is 0 Å². The number of alkyl carbamates (subject to hydrolysis) is 1. The first-order chi connectivity index (χ1) is 12.8. The van der Waals surface area contributed by atoms with E-state index in [0.717, 1.165) is 16.7 Å². The zero-order chi connectivity index (χ0) is 19.4. The average molecular weight is 361 g/mol. The van der Waals surface area contributed by atoms with E-state index >= 15 is 0 Å². The number of hydrogen-bond donors (Lipinski definition) is 1. The maximum atomic E-state index is 12.5. The second-order valence-electron chi connectivity index (χ2n) is 7.94. The molecule has 140 valence electrons. The van der Waals surface area contributed by atoms with E-state index in [9.17, 15) is 4.79 Å². The van der Waals surface area contributed by atoms with Gasteiger partial charge in [-0.2, -0.15) is 0 Å². The van der Waals surface area contributed by atoms with Crippen LogP contribution in [0.3, 0.4) is 0 Å². The Bertz CT molecular complexity index is 859. The van der Waals surface area contributed by atoms with Crippen molar-refractivity contribution >= 4 is 18.2 Å². The number of carbonyl (C=O) groups is 1. The van der Waals surface area contributed by atoms with Crippen molar-refractivity contribution in [1.29, 1.82) is 0 Å². The highest BCUT2D eigenvalue weighted by molar-refractivity contribution is 5.71. The standard InChI is InChI=1S/C24H27NO2/c1-17(16-18-10-6-5-7-11-18)20-15-14-19-12-8-9-13-21(19)22(20)25-23(26)27-24(2,3)4/h5-16,20,22H,1-4H3,(H,25,26)/b17-16-/t20-,22+/m1/s1. The summed E-state index contributed by atoms with van der Waals surface area (Å²) in [6, 6.07) is 18.2. The largest absolute Gasteiger partial charge is 0.444 e. The van der Waals surface area contributed by atoms with E-state index in [4.69, 9.17) is 4.74 Å². The molecule has 3 rings (SSSR count). The average Bonchev–Trinajstić information content (AvgIpc) is 2.61. The molecule has 0 aliphatic heterocycles. The van der Waals surface area contributed by atoms with Crippen molar-refractivity contribution < 1.29 is 9.53 Å². The fraction of sp³-hybridized carbons (Fsp3) is 0.292. The van der Waals surface area contributed by atoms with Crippen LogP contribution in [0.5, 0.6) is 0 Å². The second-order valence-corrected chi connectivity index (χ2v) is 7.94. The third-order valence-electron chi connectivity index (χ3n) is 4.57. The molecule has 27 heavy (non-hydrogen) atoms. The molecule has 0 aromatic heterocycles. The van der Waals surface area contributed by atoms with Crippen LogP contribution in [0.1, 0.15) is 50.4 Å². The van der Waals surface area contributed by atoms with Crippen LogP contribution in [0.4, 0.5) is 4.79 Å². The maximum Gasteiger partial charge on any atom is 0.408 e. The molecule has 2 aromatic carbocycles. The van der Waals surface area contributed by atoms with Crippen LogP contribution < -0.4 is 5.32 Å². The summed E-state index contributed by atoms with van der Waals surface area (Å²) in [4.78, 5) is 12.5. The Kier molecular flexibility index (Phi) is 5.50. The van der Waals surface area contributed by atoms with Crippen molar-refractivity contribution in [1.82, 2.24) is 5.32 Å². The monoisotopic (exact) mass is 361 g/mol. The SMILES string of the molecule is C/C(=C/c1ccccc1)[C@H]1C=Cc2ccccc2[C@H]1NC(=O)OC(C)(C)C. The molecular weight excluding hydrogens is 334 g/mol. The summed E-state index contributed by atoms with van der Waals surface area (Å²) in [6.45, 7) is 7.73. The molecule has 0 bridgehead atoms. The minimum Gasteiger partial charge on any atom is -0.444 e. The van der Waals surface area contributed by atoms with Gasteiger partial charge in [-0.15, -0.1) is 0 Å². The normalized spacial score (nSPS) is 19.3. The Balaban J connectivity index is 1.92. The Morgan fingerprint density at radius 3 is 2.41 bits per heavy atom. The number of nitrogens with one attached hydrogen (secondary N) is 1. The molecule has 0 unspecified atom stereocenters. The molecule has 0 fully saturated rings. The molecule has 1 amide bonds. The highest BCUT2D eigenvalue weighted by Gasteiger charge is 2.30. The summed E-state index contributed by atoms with van der Waals surface area (Å²) in [5.74, 6) is 0.0626. The zero-order valence-corrected chi connectivity index (χ0v) is 16.4. The van der Waals surface area contributed by atoms with Crippen molar-refractivity contribution in [3.05, 3.63) is 82.9 Å². The molecule has 0 saturated carbocycles. The van der Waals surface area contributed by atoms with E-state index in [1.54, 1.807) is 0 Å². The van der Waals surface area contributed by atoms with E-state index in [2.05, 4.69) is 54.7 Å². The summed E-state index contributed by atoms with van der Waals surface area (Å²) in [5.41, 5.74) is 4.05. The van der Waals surface area contributed by atoms with E-state index in [1.807, 2.05) is 51.1 Å². The smallest absolute Gasteiger partial charge is 0.408 e. The molecule has 0 spiro atoms. The quantitative estimate of drug-likeness (QED) is 0.728. The number of ether oxygens (including phenoxy) is 1. The lowest BCUT2D eigenvalue weighted by molar-refractivity contribution is 0.0495. The third kappa shape index (κ3) is 4.88. The van der Waals surface area contributed by atoms with Crippen molar-refractivity contribution in [3.63, 3.8) is 0 Å². The number of benzene rings is 2. The first-order valence-corrected chi connectivity index (χ1v) is 9.33. The van der Waals surface area contributed by atoms with Crippen LogP contribution in [0.15, 0.2) is 66.2 Å². The molecule has 0 heterocycles. The number of rotatable bonds is 3. The minimum absolute atomic E-state index is 0.0626. The van der Waals surface area contributed by atoms with Gasteiger partial charge in [0.25, 0.3) is 0 Å². The van der Waals surface area contributed by atoms with Gasteiger partial charge in [0.2, 0.25) is 0 Å². The predicted octanol–water partition coefficient (Wildman–Crippen LogP) is 6.00. The second kappa shape index (κ2) is 7.83. The fourth-order valence-corrected chi connectivity index (χ4v) is 3.38. The lowest BCUT2D eigenvalue weighted by Crippen LogP contribution is -2.38. The van der Waals surface area contributed by atoms with Crippen molar-refractivity contribution in [2.45, 2.75) is 39.3 Å². The van der Waals surface area contributed by atoms with E-state index < -0.39 is 11.7 Å². The van der Waals surface area contributed by atoms with Gasteiger partial charge in [0.05, 0.1) is 6.04 Å². The Hall–Kier alpha value is -2.81. The Morgan fingerprint density at radius 2 is 1.70 bits per heavy atom. The lowest BCUT2D eigenvalue weighted by atomic mass is 9.80. The van der Waals surface area contributed by atoms with Gasteiger partial charge in [0.1, 0.15) is 5.60 Å². The van der Waals surface area contributed by atoms with Gasteiger partial charge in [-0.1, -0.05) is 78.4 Å². The van der Waals surface area contributed by atoms with Gasteiger partial charge >= 0.3 is 6.09 Å². The van der Waals surface area contributed by atoms with Crippen LogP contribution in [-0.2, 0) is 4.74 Å². The highest BCUT2D eigenvalue weighted by atomic mass is 16.6. The number of fused-ring (bicyclic) bond motifs is 1. The highest BCUT2D eigenvalue weighted by Crippen LogP contribution is 2.37. The van der Waals surface area contributed by atoms with Crippen molar-refractivity contribution in [3.8, 4) is 0 Å². The molecule has 1 aliphatic carbocycles. The van der Waals surface area contributed by atoms with E-state index in [0.29, 0.717) is 0 Å². The lowest BCUT2D eigenvalue weighted by Gasteiger charge is -2.32. The summed E-state index contributed by atoms with van der Waals surface area (Å²) in [5, 5.41) is 3.10. The number of amides is 1. The van der Waals surface area contributed by atoms with Crippen LogP contribution in [0.25, 0.3) is 12.2 Å². The van der Waals surface area contributed by atoms with E-state index in [-0.39, 0.29) is 12.0 Å². The number of hydrogen-bond acceptors (Lipinski definition) is 2. The maximum absolute atomic E-state index is 12.5. The zero-order valence-electron chi connectivity index (χ0n) is 16.4. The molecule has 3 heteroatoms. The molecule has 0 saturated heterocycles. The van der Waals surface area contributed by atoms with Crippen LogP contribution in [-0.4, -0.2) is 11.7 Å². The van der Waals surface area contributed by atoms with Crippen molar-refractivity contribution in [2.24, 2.45) is 5.92 Å².